The van der Waals surface area contributed by atoms with Crippen LogP contribution in [-0.4, -0.2) is 23.2 Å². The van der Waals surface area contributed by atoms with Crippen LogP contribution in [0.3, 0.4) is 0 Å². The molecule has 6 N–H and O–H groups in total. The second-order valence-electron chi connectivity index (χ2n) is 3.30. The Morgan fingerprint density at radius 1 is 1.36 bits per heavy atom. The molecule has 0 radical (unpaired) electrons. The molecule has 0 saturated carbocycles. The molecule has 3 nitrogen and oxygen atoms in total. The van der Waals surface area contributed by atoms with Gasteiger partial charge in [-0.1, -0.05) is 0 Å². The summed E-state index contributed by atoms with van der Waals surface area (Å²) in [6.07, 6.45) is 0.922. The van der Waals surface area contributed by atoms with Gasteiger partial charge in [-0.25, -0.2) is 0 Å². The van der Waals surface area contributed by atoms with Gasteiger partial charge >= 0.3 is 0 Å². The first kappa shape index (κ1) is 9.32. The molecule has 1 aliphatic heterocycles. The first-order valence-corrected chi connectivity index (χ1v) is 5.04. The molecule has 1 rings (SSSR count). The van der Waals surface area contributed by atoms with Gasteiger partial charge in [-0.15, -0.1) is 0 Å². The molecule has 1 aliphatic rings. The fourth-order valence-corrected chi connectivity index (χ4v) is 2.86. The van der Waals surface area contributed by atoms with Crippen LogP contribution in [0.25, 0.3) is 0 Å². The molecule has 1 heterocycles. The van der Waals surface area contributed by atoms with Gasteiger partial charge in [0, 0.05) is 11.3 Å². The van der Waals surface area contributed by atoms with Crippen LogP contribution in [0.2, 0.25) is 0 Å². The minimum atomic E-state index is -0.161. The Bertz CT molecular complexity index is 113. The van der Waals surface area contributed by atoms with E-state index in [1.165, 1.54) is 0 Å². The lowest BCUT2D eigenvalue weighted by Gasteiger charge is -2.15. The summed E-state index contributed by atoms with van der Waals surface area (Å²) < 4.78 is 0. The highest BCUT2D eigenvalue weighted by Crippen LogP contribution is 2.33. The quantitative estimate of drug-likeness (QED) is 0.503. The van der Waals surface area contributed by atoms with E-state index in [4.69, 9.17) is 17.2 Å². The van der Waals surface area contributed by atoms with Crippen molar-refractivity contribution in [2.45, 2.75) is 30.8 Å². The predicted molar refractivity (Wildman–Crippen MR) is 50.2 cm³/mol. The largest absolute Gasteiger partial charge is 0.327 e. The van der Waals surface area contributed by atoms with Crippen molar-refractivity contribution in [2.24, 2.45) is 23.1 Å². The molecule has 2 unspecified atom stereocenters. The zero-order chi connectivity index (χ0) is 8.43. The van der Waals surface area contributed by atoms with Crippen molar-refractivity contribution in [1.29, 1.82) is 0 Å². The molecule has 0 spiro atoms. The molecular formula is C7H17N3S. The molecule has 0 aromatic carbocycles. The monoisotopic (exact) mass is 175 g/mol. The molecule has 0 aromatic heterocycles. The van der Waals surface area contributed by atoms with Crippen LogP contribution >= 0.6 is 11.8 Å². The standard InChI is InChI=1S/C7H17N3S/c1-4(8)6-2-5(3-11-6)7(9)10/h4-7H,2-3,8-10H2,1H3/t4-,5?,6?/m1/s1. The molecule has 0 amide bonds. The average molecular weight is 175 g/mol. The predicted octanol–water partition coefficient (Wildman–Crippen LogP) is -0.301. The highest BCUT2D eigenvalue weighted by Gasteiger charge is 2.29. The summed E-state index contributed by atoms with van der Waals surface area (Å²) in [5, 5.41) is 0.564. The van der Waals surface area contributed by atoms with E-state index >= 15 is 0 Å². The van der Waals surface area contributed by atoms with Gasteiger partial charge in [-0.3, -0.25) is 0 Å². The highest BCUT2D eigenvalue weighted by molar-refractivity contribution is 8.00. The molecule has 1 saturated heterocycles. The maximum Gasteiger partial charge on any atom is 0.0558 e. The zero-order valence-corrected chi connectivity index (χ0v) is 7.68. The summed E-state index contributed by atoms with van der Waals surface area (Å²) in [6.45, 7) is 2.04. The van der Waals surface area contributed by atoms with E-state index in [1.54, 1.807) is 0 Å². The van der Waals surface area contributed by atoms with Crippen LogP contribution in [0.5, 0.6) is 0 Å². The van der Waals surface area contributed by atoms with Crippen LogP contribution in [0, 0.1) is 5.92 Å². The van der Waals surface area contributed by atoms with Crippen LogP contribution in [0.4, 0.5) is 0 Å². The van der Waals surface area contributed by atoms with Gasteiger partial charge < -0.3 is 17.2 Å². The Morgan fingerprint density at radius 3 is 2.27 bits per heavy atom. The lowest BCUT2D eigenvalue weighted by molar-refractivity contribution is 0.443. The molecule has 66 valence electrons. The molecule has 0 bridgehead atoms. The summed E-state index contributed by atoms with van der Waals surface area (Å²) >= 11 is 1.90. The summed E-state index contributed by atoms with van der Waals surface area (Å²) in [5.41, 5.74) is 16.9. The van der Waals surface area contributed by atoms with Crippen molar-refractivity contribution < 1.29 is 0 Å². The minimum Gasteiger partial charge on any atom is -0.327 e. The van der Waals surface area contributed by atoms with E-state index in [0.29, 0.717) is 11.2 Å². The fourth-order valence-electron chi connectivity index (χ4n) is 1.32. The van der Waals surface area contributed by atoms with E-state index in [1.807, 2.05) is 18.7 Å². The molecule has 0 aliphatic carbocycles. The van der Waals surface area contributed by atoms with Crippen molar-refractivity contribution in [3.05, 3.63) is 0 Å². The van der Waals surface area contributed by atoms with E-state index in [-0.39, 0.29) is 12.2 Å². The topological polar surface area (TPSA) is 78.1 Å². The van der Waals surface area contributed by atoms with Crippen molar-refractivity contribution in [3.63, 3.8) is 0 Å². The molecule has 4 heteroatoms. The molecule has 0 aromatic rings. The summed E-state index contributed by atoms with van der Waals surface area (Å²) in [5.74, 6) is 1.54. The van der Waals surface area contributed by atoms with Gasteiger partial charge in [-0.2, -0.15) is 11.8 Å². The first-order chi connectivity index (χ1) is 5.11. The van der Waals surface area contributed by atoms with Crippen LogP contribution in [0.15, 0.2) is 0 Å². The number of hydrogen-bond acceptors (Lipinski definition) is 4. The average Bonchev–Trinajstić information content (AvgIpc) is 2.33. The summed E-state index contributed by atoms with van der Waals surface area (Å²) in [7, 11) is 0. The first-order valence-electron chi connectivity index (χ1n) is 3.99. The molecular weight excluding hydrogens is 158 g/mol. The van der Waals surface area contributed by atoms with Crippen molar-refractivity contribution in [2.75, 3.05) is 5.75 Å². The van der Waals surface area contributed by atoms with Crippen molar-refractivity contribution in [3.8, 4) is 0 Å². The SMILES string of the molecule is C[C@@H](N)C1CC(C(N)N)CS1. The molecule has 11 heavy (non-hydrogen) atoms. The fraction of sp³-hybridized carbons (Fsp3) is 1.00. The molecule has 3 atom stereocenters. The van der Waals surface area contributed by atoms with Gasteiger partial charge in [0.05, 0.1) is 6.17 Å². The zero-order valence-electron chi connectivity index (χ0n) is 6.86. The summed E-state index contributed by atoms with van der Waals surface area (Å²) in [4.78, 5) is 0. The smallest absolute Gasteiger partial charge is 0.0558 e. The Morgan fingerprint density at radius 2 is 2.00 bits per heavy atom. The van der Waals surface area contributed by atoms with Crippen molar-refractivity contribution in [1.82, 2.24) is 0 Å². The number of nitrogens with two attached hydrogens (primary N) is 3. The lowest BCUT2D eigenvalue weighted by Crippen LogP contribution is -2.39. The number of hydrogen-bond donors (Lipinski definition) is 3. The van der Waals surface area contributed by atoms with Gasteiger partial charge in [0.1, 0.15) is 0 Å². The van der Waals surface area contributed by atoms with Crippen LogP contribution < -0.4 is 17.2 Å². The van der Waals surface area contributed by atoms with Gasteiger partial charge in [0.2, 0.25) is 0 Å². The van der Waals surface area contributed by atoms with Gasteiger partial charge in [0.25, 0.3) is 0 Å². The maximum atomic E-state index is 5.76. The lowest BCUT2D eigenvalue weighted by atomic mass is 10.0. The van der Waals surface area contributed by atoms with Crippen molar-refractivity contribution >= 4 is 11.8 Å². The molecule has 1 fully saturated rings. The Kier molecular flexibility index (Phi) is 3.18. The van der Waals surface area contributed by atoms with Gasteiger partial charge in [0.15, 0.2) is 0 Å². The minimum absolute atomic E-state index is 0.161. The normalized spacial score (nSPS) is 34.6. The van der Waals surface area contributed by atoms with E-state index in [0.717, 1.165) is 12.2 Å². The third kappa shape index (κ3) is 2.33. The Labute approximate surface area is 72.1 Å². The van der Waals surface area contributed by atoms with Gasteiger partial charge in [-0.05, 0) is 25.0 Å². The maximum absolute atomic E-state index is 5.76. The third-order valence-electron chi connectivity index (χ3n) is 2.19. The Balaban J connectivity index is 2.35. The van der Waals surface area contributed by atoms with E-state index in [9.17, 15) is 0 Å². The highest BCUT2D eigenvalue weighted by atomic mass is 32.2. The third-order valence-corrected chi connectivity index (χ3v) is 3.86. The second kappa shape index (κ2) is 3.76. The number of rotatable bonds is 2. The van der Waals surface area contributed by atoms with E-state index in [2.05, 4.69) is 0 Å². The van der Waals surface area contributed by atoms with Crippen LogP contribution in [0.1, 0.15) is 13.3 Å². The summed E-state index contributed by atoms with van der Waals surface area (Å²) in [6, 6.07) is 0.267. The second-order valence-corrected chi connectivity index (χ2v) is 4.58. The van der Waals surface area contributed by atoms with Crippen LogP contribution in [-0.2, 0) is 0 Å². The number of thioether (sulfide) groups is 1. The Hall–Kier alpha value is 0.230. The van der Waals surface area contributed by atoms with E-state index < -0.39 is 0 Å².